The molecule has 0 aromatic carbocycles. The summed E-state index contributed by atoms with van der Waals surface area (Å²) < 4.78 is 0. The smallest absolute Gasteiger partial charge is 0.255 e. The molecule has 0 fully saturated rings. The Kier molecular flexibility index (Phi) is 5.62. The van der Waals surface area contributed by atoms with Crippen LogP contribution in [0.5, 0.6) is 0 Å². The lowest BCUT2D eigenvalue weighted by atomic mass is 10.1. The second-order valence-electron chi connectivity index (χ2n) is 5.63. The number of aryl methyl sites for hydroxylation is 1. The van der Waals surface area contributed by atoms with Gasteiger partial charge in [-0.1, -0.05) is 19.4 Å². The molecule has 2 rings (SSSR count). The minimum atomic E-state index is -0.295. The van der Waals surface area contributed by atoms with Crippen LogP contribution in [-0.2, 0) is 11.2 Å². The highest BCUT2D eigenvalue weighted by atomic mass is 16.2. The van der Waals surface area contributed by atoms with Crippen molar-refractivity contribution in [2.45, 2.75) is 46.1 Å². The fourth-order valence-electron chi connectivity index (χ4n) is 2.43. The Hall–Kier alpha value is -2.50. The standard InChI is InChI=1S/C17H22N4O2/c1-4-7-11(2)19-15(22)10-13-12(3)20-16(21-17(13)23)14-8-5-6-9-18-14/h5-6,8-9,11H,4,7,10H2,1-3H3,(H,19,22)(H,20,21,23). The molecule has 1 atom stereocenters. The average Bonchev–Trinajstić information content (AvgIpc) is 2.51. The van der Waals surface area contributed by atoms with Gasteiger partial charge in [0.2, 0.25) is 5.91 Å². The van der Waals surface area contributed by atoms with E-state index < -0.39 is 0 Å². The van der Waals surface area contributed by atoms with Crippen molar-refractivity contribution < 1.29 is 4.79 Å². The van der Waals surface area contributed by atoms with Gasteiger partial charge in [0.05, 0.1) is 6.42 Å². The summed E-state index contributed by atoms with van der Waals surface area (Å²) in [6, 6.07) is 5.50. The highest BCUT2D eigenvalue weighted by Gasteiger charge is 2.15. The van der Waals surface area contributed by atoms with E-state index in [4.69, 9.17) is 0 Å². The van der Waals surface area contributed by atoms with Gasteiger partial charge in [0.1, 0.15) is 5.69 Å². The summed E-state index contributed by atoms with van der Waals surface area (Å²) in [4.78, 5) is 35.6. The Morgan fingerprint density at radius 3 is 2.78 bits per heavy atom. The third kappa shape index (κ3) is 4.48. The Bertz CT molecular complexity index is 725. The van der Waals surface area contributed by atoms with Crippen LogP contribution in [-0.4, -0.2) is 26.9 Å². The molecule has 6 nitrogen and oxygen atoms in total. The fraction of sp³-hybridized carbons (Fsp3) is 0.412. The van der Waals surface area contributed by atoms with E-state index in [1.54, 1.807) is 25.3 Å². The SMILES string of the molecule is CCCC(C)NC(=O)Cc1c(C)nc(-c2ccccn2)[nH]c1=O. The third-order valence-corrected chi connectivity index (χ3v) is 3.60. The minimum absolute atomic E-state index is 0.0325. The fourth-order valence-corrected chi connectivity index (χ4v) is 2.43. The van der Waals surface area contributed by atoms with E-state index in [-0.39, 0.29) is 23.9 Å². The van der Waals surface area contributed by atoms with Gasteiger partial charge in [-0.2, -0.15) is 0 Å². The predicted molar refractivity (Wildman–Crippen MR) is 89.0 cm³/mol. The van der Waals surface area contributed by atoms with Crippen molar-refractivity contribution in [3.63, 3.8) is 0 Å². The zero-order chi connectivity index (χ0) is 16.8. The van der Waals surface area contributed by atoms with Gasteiger partial charge >= 0.3 is 0 Å². The van der Waals surface area contributed by atoms with Crippen LogP contribution >= 0.6 is 0 Å². The summed E-state index contributed by atoms with van der Waals surface area (Å²) >= 11 is 0. The first-order valence-electron chi connectivity index (χ1n) is 7.81. The van der Waals surface area contributed by atoms with Crippen LogP contribution < -0.4 is 10.9 Å². The molecule has 2 aromatic rings. The number of amides is 1. The second kappa shape index (κ2) is 7.67. The molecule has 0 aliphatic heterocycles. The first-order valence-corrected chi connectivity index (χ1v) is 7.81. The van der Waals surface area contributed by atoms with Crippen LogP contribution in [0.25, 0.3) is 11.5 Å². The second-order valence-corrected chi connectivity index (χ2v) is 5.63. The molecule has 2 N–H and O–H groups in total. The van der Waals surface area contributed by atoms with Crippen molar-refractivity contribution in [3.8, 4) is 11.5 Å². The Morgan fingerprint density at radius 1 is 1.39 bits per heavy atom. The monoisotopic (exact) mass is 314 g/mol. The predicted octanol–water partition coefficient (Wildman–Crippen LogP) is 1.99. The number of nitrogens with zero attached hydrogens (tertiary/aromatic N) is 2. The maximum Gasteiger partial charge on any atom is 0.255 e. The Morgan fingerprint density at radius 2 is 2.17 bits per heavy atom. The number of carbonyl (C=O) groups excluding carboxylic acids is 1. The van der Waals surface area contributed by atoms with E-state index >= 15 is 0 Å². The van der Waals surface area contributed by atoms with Crippen LogP contribution in [0.1, 0.15) is 37.9 Å². The number of pyridine rings is 1. The van der Waals surface area contributed by atoms with Gasteiger partial charge in [-0.25, -0.2) is 4.98 Å². The van der Waals surface area contributed by atoms with Crippen LogP contribution in [0, 0.1) is 6.92 Å². The lowest BCUT2D eigenvalue weighted by Gasteiger charge is -2.13. The number of rotatable bonds is 6. The number of aromatic nitrogens is 3. The number of hydrogen-bond acceptors (Lipinski definition) is 4. The molecule has 0 saturated heterocycles. The van der Waals surface area contributed by atoms with Crippen molar-refractivity contribution in [2.24, 2.45) is 0 Å². The first-order chi connectivity index (χ1) is 11.0. The highest BCUT2D eigenvalue weighted by molar-refractivity contribution is 5.79. The van der Waals surface area contributed by atoms with Crippen molar-refractivity contribution in [3.05, 3.63) is 46.0 Å². The summed E-state index contributed by atoms with van der Waals surface area (Å²) in [5.74, 6) is 0.253. The average molecular weight is 314 g/mol. The third-order valence-electron chi connectivity index (χ3n) is 3.60. The normalized spacial score (nSPS) is 12.0. The quantitative estimate of drug-likeness (QED) is 0.853. The number of aromatic amines is 1. The zero-order valence-corrected chi connectivity index (χ0v) is 13.7. The van der Waals surface area contributed by atoms with Crippen molar-refractivity contribution in [1.29, 1.82) is 0 Å². The zero-order valence-electron chi connectivity index (χ0n) is 13.7. The number of hydrogen-bond donors (Lipinski definition) is 2. The summed E-state index contributed by atoms with van der Waals surface area (Å²) in [6.07, 6.45) is 3.59. The molecule has 122 valence electrons. The molecular weight excluding hydrogens is 292 g/mol. The molecule has 2 heterocycles. The molecule has 0 radical (unpaired) electrons. The summed E-state index contributed by atoms with van der Waals surface area (Å²) in [5.41, 5.74) is 1.25. The lowest BCUT2D eigenvalue weighted by molar-refractivity contribution is -0.121. The first kappa shape index (κ1) is 16.9. The molecule has 23 heavy (non-hydrogen) atoms. The molecule has 1 unspecified atom stereocenters. The Balaban J connectivity index is 2.18. The molecule has 0 bridgehead atoms. The topological polar surface area (TPSA) is 87.7 Å². The number of H-pyrrole nitrogens is 1. The van der Waals surface area contributed by atoms with Crippen molar-refractivity contribution in [2.75, 3.05) is 0 Å². The highest BCUT2D eigenvalue weighted by Crippen LogP contribution is 2.11. The lowest BCUT2D eigenvalue weighted by Crippen LogP contribution is -2.35. The number of nitrogens with one attached hydrogen (secondary N) is 2. The molecule has 2 aromatic heterocycles. The largest absolute Gasteiger partial charge is 0.353 e. The molecule has 0 saturated carbocycles. The minimum Gasteiger partial charge on any atom is -0.353 e. The van der Waals surface area contributed by atoms with Crippen LogP contribution in [0.2, 0.25) is 0 Å². The van der Waals surface area contributed by atoms with E-state index in [0.29, 0.717) is 22.8 Å². The number of carbonyl (C=O) groups is 1. The molecule has 1 amide bonds. The van der Waals surface area contributed by atoms with Gasteiger partial charge in [-0.05, 0) is 32.4 Å². The van der Waals surface area contributed by atoms with E-state index in [0.717, 1.165) is 12.8 Å². The molecule has 0 spiro atoms. The summed E-state index contributed by atoms with van der Waals surface area (Å²) in [7, 11) is 0. The molecule has 0 aliphatic rings. The Labute approximate surface area is 135 Å². The summed E-state index contributed by atoms with van der Waals surface area (Å²) in [6.45, 7) is 5.76. The maximum atomic E-state index is 12.3. The molecule has 0 aliphatic carbocycles. The van der Waals surface area contributed by atoms with E-state index in [9.17, 15) is 9.59 Å². The molecule has 6 heteroatoms. The van der Waals surface area contributed by atoms with Crippen LogP contribution in [0.15, 0.2) is 29.2 Å². The van der Waals surface area contributed by atoms with Crippen LogP contribution in [0.3, 0.4) is 0 Å². The van der Waals surface area contributed by atoms with E-state index in [1.807, 2.05) is 13.0 Å². The van der Waals surface area contributed by atoms with E-state index in [2.05, 4.69) is 27.2 Å². The molecular formula is C17H22N4O2. The van der Waals surface area contributed by atoms with Crippen molar-refractivity contribution in [1.82, 2.24) is 20.3 Å². The van der Waals surface area contributed by atoms with Crippen LogP contribution in [0.4, 0.5) is 0 Å². The van der Waals surface area contributed by atoms with Gasteiger partial charge in [-0.3, -0.25) is 14.6 Å². The van der Waals surface area contributed by atoms with Gasteiger partial charge in [0.15, 0.2) is 5.82 Å². The van der Waals surface area contributed by atoms with Gasteiger partial charge in [0.25, 0.3) is 5.56 Å². The van der Waals surface area contributed by atoms with E-state index in [1.165, 1.54) is 0 Å². The van der Waals surface area contributed by atoms with Crippen molar-refractivity contribution >= 4 is 5.91 Å². The summed E-state index contributed by atoms with van der Waals surface area (Å²) in [5, 5.41) is 2.90. The maximum absolute atomic E-state index is 12.3. The van der Waals surface area contributed by atoms with Gasteiger partial charge < -0.3 is 10.3 Å². The van der Waals surface area contributed by atoms with Gasteiger partial charge in [0, 0.05) is 23.5 Å². The van der Waals surface area contributed by atoms with Gasteiger partial charge in [-0.15, -0.1) is 0 Å².